The van der Waals surface area contributed by atoms with Crippen molar-refractivity contribution in [1.82, 2.24) is 0 Å². The van der Waals surface area contributed by atoms with Crippen molar-refractivity contribution in [3.63, 3.8) is 0 Å². The molecule has 0 saturated heterocycles. The summed E-state index contributed by atoms with van der Waals surface area (Å²) in [4.78, 5) is 12.2. The first-order valence-corrected chi connectivity index (χ1v) is 10.8. The largest absolute Gasteiger partial charge is 0.494 e. The zero-order valence-electron chi connectivity index (χ0n) is 18.1. The lowest BCUT2D eigenvalue weighted by molar-refractivity contribution is 0.104. The maximum atomic E-state index is 12.2. The highest BCUT2D eigenvalue weighted by molar-refractivity contribution is 6.06. The van der Waals surface area contributed by atoms with E-state index in [9.17, 15) is 4.79 Å². The van der Waals surface area contributed by atoms with Gasteiger partial charge in [-0.3, -0.25) is 4.79 Å². The zero-order valence-corrected chi connectivity index (χ0v) is 18.1. The van der Waals surface area contributed by atoms with E-state index in [0.717, 1.165) is 50.2 Å². The van der Waals surface area contributed by atoms with E-state index in [1.54, 1.807) is 13.2 Å². The molecule has 0 saturated carbocycles. The molecule has 0 aromatic heterocycles. The van der Waals surface area contributed by atoms with Gasteiger partial charge in [0.15, 0.2) is 5.78 Å². The van der Waals surface area contributed by atoms with Crippen LogP contribution >= 0.6 is 0 Å². The summed E-state index contributed by atoms with van der Waals surface area (Å²) in [5.41, 5.74) is 4.20. The Morgan fingerprint density at radius 2 is 1.42 bits per heavy atom. The minimum absolute atomic E-state index is 0.0157. The van der Waals surface area contributed by atoms with Crippen LogP contribution in [-0.4, -0.2) is 26.1 Å². The van der Waals surface area contributed by atoms with Gasteiger partial charge < -0.3 is 9.47 Å². The number of ketones is 1. The van der Waals surface area contributed by atoms with Gasteiger partial charge in [-0.15, -0.1) is 0 Å². The van der Waals surface area contributed by atoms with Crippen molar-refractivity contribution in [2.75, 3.05) is 20.3 Å². The highest BCUT2D eigenvalue weighted by Gasteiger charge is 2.01. The SMILES string of the molecule is COCCCCCOc1ccc(Cc2ccc(/C=C/C(=O)c3ccccc3)cc2)cc1. The number of benzene rings is 3. The van der Waals surface area contributed by atoms with Gasteiger partial charge in [0.05, 0.1) is 6.61 Å². The summed E-state index contributed by atoms with van der Waals surface area (Å²) in [6.07, 6.45) is 7.60. The fraction of sp³-hybridized carbons (Fsp3) is 0.250. The molecule has 3 aromatic carbocycles. The molecule has 0 heterocycles. The van der Waals surface area contributed by atoms with E-state index < -0.39 is 0 Å². The summed E-state index contributed by atoms with van der Waals surface area (Å²) in [5.74, 6) is 0.932. The van der Waals surface area contributed by atoms with Crippen LogP contribution in [-0.2, 0) is 11.2 Å². The number of methoxy groups -OCH3 is 1. The van der Waals surface area contributed by atoms with Gasteiger partial charge in [0.2, 0.25) is 0 Å². The van der Waals surface area contributed by atoms with E-state index in [1.807, 2.05) is 60.7 Å². The molecule has 0 aliphatic rings. The third-order valence-corrected chi connectivity index (χ3v) is 5.06. The van der Waals surface area contributed by atoms with Gasteiger partial charge in [0.25, 0.3) is 0 Å². The van der Waals surface area contributed by atoms with Crippen LogP contribution < -0.4 is 4.74 Å². The molecule has 3 aromatic rings. The van der Waals surface area contributed by atoms with E-state index in [0.29, 0.717) is 5.56 Å². The Labute approximate surface area is 185 Å². The van der Waals surface area contributed by atoms with E-state index in [4.69, 9.17) is 9.47 Å². The predicted octanol–water partition coefficient (Wildman–Crippen LogP) is 6.37. The average molecular weight is 415 g/mol. The third-order valence-electron chi connectivity index (χ3n) is 5.06. The second-order valence-corrected chi connectivity index (χ2v) is 7.53. The van der Waals surface area contributed by atoms with Crippen molar-refractivity contribution in [2.45, 2.75) is 25.7 Å². The summed E-state index contributed by atoms with van der Waals surface area (Å²) >= 11 is 0. The van der Waals surface area contributed by atoms with Crippen LogP contribution in [0.3, 0.4) is 0 Å². The molecule has 0 aliphatic carbocycles. The van der Waals surface area contributed by atoms with E-state index in [2.05, 4.69) is 24.3 Å². The quantitative estimate of drug-likeness (QED) is 0.196. The van der Waals surface area contributed by atoms with Crippen LogP contribution in [0.25, 0.3) is 6.08 Å². The van der Waals surface area contributed by atoms with E-state index in [-0.39, 0.29) is 5.78 Å². The molecule has 31 heavy (non-hydrogen) atoms. The lowest BCUT2D eigenvalue weighted by Crippen LogP contribution is -1.98. The summed E-state index contributed by atoms with van der Waals surface area (Å²) in [7, 11) is 1.73. The molecule has 0 fully saturated rings. The summed E-state index contributed by atoms with van der Waals surface area (Å²) < 4.78 is 10.9. The van der Waals surface area contributed by atoms with Gasteiger partial charge in [0.1, 0.15) is 5.75 Å². The van der Waals surface area contributed by atoms with Crippen molar-refractivity contribution in [2.24, 2.45) is 0 Å². The molecule has 0 spiro atoms. The number of hydrogen-bond donors (Lipinski definition) is 0. The number of carbonyl (C=O) groups excluding carboxylic acids is 1. The highest BCUT2D eigenvalue weighted by Crippen LogP contribution is 2.17. The smallest absolute Gasteiger partial charge is 0.185 e. The molecule has 0 amide bonds. The molecule has 0 unspecified atom stereocenters. The normalized spacial score (nSPS) is 11.0. The molecular weight excluding hydrogens is 384 g/mol. The van der Waals surface area contributed by atoms with Crippen LogP contribution in [0.4, 0.5) is 0 Å². The Balaban J connectivity index is 1.46. The lowest BCUT2D eigenvalue weighted by Gasteiger charge is -2.08. The monoisotopic (exact) mass is 414 g/mol. The third kappa shape index (κ3) is 7.88. The minimum atomic E-state index is 0.0157. The highest BCUT2D eigenvalue weighted by atomic mass is 16.5. The van der Waals surface area contributed by atoms with Crippen molar-refractivity contribution in [1.29, 1.82) is 0 Å². The van der Waals surface area contributed by atoms with Gasteiger partial charge in [-0.1, -0.05) is 72.8 Å². The summed E-state index contributed by atoms with van der Waals surface area (Å²) in [6, 6.07) is 25.9. The maximum absolute atomic E-state index is 12.2. The van der Waals surface area contributed by atoms with Crippen molar-refractivity contribution < 1.29 is 14.3 Å². The van der Waals surface area contributed by atoms with Gasteiger partial charge in [-0.05, 0) is 60.6 Å². The first-order chi connectivity index (χ1) is 15.2. The number of unbranched alkanes of at least 4 members (excludes halogenated alkanes) is 2. The summed E-state index contributed by atoms with van der Waals surface area (Å²) in [6.45, 7) is 1.56. The lowest BCUT2D eigenvalue weighted by atomic mass is 10.0. The Bertz CT molecular complexity index is 942. The predicted molar refractivity (Wildman–Crippen MR) is 127 cm³/mol. The Morgan fingerprint density at radius 3 is 2.10 bits per heavy atom. The average Bonchev–Trinajstić information content (AvgIpc) is 2.82. The van der Waals surface area contributed by atoms with Crippen LogP contribution in [0.15, 0.2) is 84.9 Å². The number of rotatable bonds is 12. The Morgan fingerprint density at radius 1 is 0.774 bits per heavy atom. The number of allylic oxidation sites excluding steroid dienone is 1. The van der Waals surface area contributed by atoms with Gasteiger partial charge in [0, 0.05) is 19.3 Å². The fourth-order valence-electron chi connectivity index (χ4n) is 3.27. The summed E-state index contributed by atoms with van der Waals surface area (Å²) in [5, 5.41) is 0. The van der Waals surface area contributed by atoms with E-state index >= 15 is 0 Å². The van der Waals surface area contributed by atoms with E-state index in [1.165, 1.54) is 11.1 Å². The zero-order chi connectivity index (χ0) is 21.7. The van der Waals surface area contributed by atoms with Crippen LogP contribution in [0.2, 0.25) is 0 Å². The molecule has 0 atom stereocenters. The number of ether oxygens (including phenoxy) is 2. The van der Waals surface area contributed by atoms with Gasteiger partial charge in [-0.2, -0.15) is 0 Å². The molecule has 3 nitrogen and oxygen atoms in total. The molecule has 0 N–H and O–H groups in total. The fourth-order valence-corrected chi connectivity index (χ4v) is 3.27. The molecular formula is C28H30O3. The van der Waals surface area contributed by atoms with Crippen LogP contribution in [0, 0.1) is 0 Å². The molecule has 0 radical (unpaired) electrons. The molecule has 3 heteroatoms. The second kappa shape index (κ2) is 12.5. The first-order valence-electron chi connectivity index (χ1n) is 10.8. The van der Waals surface area contributed by atoms with Gasteiger partial charge in [-0.25, -0.2) is 0 Å². The molecule has 0 aliphatic heterocycles. The topological polar surface area (TPSA) is 35.5 Å². The molecule has 3 rings (SSSR count). The van der Waals surface area contributed by atoms with Gasteiger partial charge >= 0.3 is 0 Å². The number of hydrogen-bond acceptors (Lipinski definition) is 3. The Hall–Kier alpha value is -3.17. The van der Waals surface area contributed by atoms with Crippen molar-refractivity contribution >= 4 is 11.9 Å². The van der Waals surface area contributed by atoms with Crippen LogP contribution in [0.1, 0.15) is 46.3 Å². The minimum Gasteiger partial charge on any atom is -0.494 e. The van der Waals surface area contributed by atoms with Crippen LogP contribution in [0.5, 0.6) is 5.75 Å². The maximum Gasteiger partial charge on any atom is 0.185 e. The Kier molecular flexibility index (Phi) is 9.08. The number of carbonyl (C=O) groups is 1. The molecule has 0 bridgehead atoms. The molecule has 160 valence electrons. The first kappa shape index (κ1) is 22.5. The van der Waals surface area contributed by atoms with Crippen molar-refractivity contribution in [3.8, 4) is 5.75 Å². The second-order valence-electron chi connectivity index (χ2n) is 7.53. The van der Waals surface area contributed by atoms with Crippen molar-refractivity contribution in [3.05, 3.63) is 107 Å². The standard InChI is InChI=1S/C28H30O3/c1-30-20-6-3-7-21-31-27-17-14-25(15-18-27)22-24-12-10-23(11-13-24)16-19-28(29)26-8-4-2-5-9-26/h2,4-5,8-19H,3,6-7,20-22H2,1H3/b19-16+.